The first-order chi connectivity index (χ1) is 7.38. The van der Waals surface area contributed by atoms with E-state index in [0.29, 0.717) is 18.3 Å². The van der Waals surface area contributed by atoms with E-state index < -0.39 is 0 Å². The summed E-state index contributed by atoms with van der Waals surface area (Å²) in [4.78, 5) is 8.20. The van der Waals surface area contributed by atoms with Crippen LogP contribution >= 0.6 is 0 Å². The van der Waals surface area contributed by atoms with Crippen molar-refractivity contribution in [3.05, 3.63) is 35.9 Å². The van der Waals surface area contributed by atoms with Crippen molar-refractivity contribution in [2.45, 2.75) is 13.3 Å². The van der Waals surface area contributed by atoms with E-state index in [4.69, 9.17) is 4.52 Å². The standard InChI is InChI=1S/C10H12N4O/c1-2-12-10-13-9(14-15-10)6-8-4-3-5-11-7-8/h3-5,7H,2,6H2,1H3,(H,12,13,14). The Balaban J connectivity index is 2.05. The second-order valence-corrected chi connectivity index (χ2v) is 3.08. The molecule has 0 aliphatic rings. The molecular weight excluding hydrogens is 192 g/mol. The zero-order chi connectivity index (χ0) is 10.5. The van der Waals surface area contributed by atoms with Gasteiger partial charge in [-0.1, -0.05) is 11.2 Å². The van der Waals surface area contributed by atoms with Gasteiger partial charge < -0.3 is 9.84 Å². The van der Waals surface area contributed by atoms with Crippen LogP contribution in [0.4, 0.5) is 6.01 Å². The van der Waals surface area contributed by atoms with Gasteiger partial charge in [-0.15, -0.1) is 0 Å². The van der Waals surface area contributed by atoms with Crippen molar-refractivity contribution < 1.29 is 4.52 Å². The van der Waals surface area contributed by atoms with Gasteiger partial charge in [-0.3, -0.25) is 4.98 Å². The predicted octanol–water partition coefficient (Wildman–Crippen LogP) is 1.49. The molecule has 0 aliphatic carbocycles. The lowest BCUT2D eigenvalue weighted by molar-refractivity contribution is 0.424. The van der Waals surface area contributed by atoms with Crippen LogP contribution in [0, 0.1) is 0 Å². The largest absolute Gasteiger partial charge is 0.338 e. The zero-order valence-electron chi connectivity index (χ0n) is 8.47. The average molecular weight is 204 g/mol. The van der Waals surface area contributed by atoms with E-state index in [2.05, 4.69) is 20.4 Å². The van der Waals surface area contributed by atoms with Gasteiger partial charge in [-0.25, -0.2) is 0 Å². The summed E-state index contributed by atoms with van der Waals surface area (Å²) in [6.07, 6.45) is 4.18. The molecule has 0 saturated heterocycles. The van der Waals surface area contributed by atoms with Crippen molar-refractivity contribution in [1.82, 2.24) is 15.1 Å². The SMILES string of the molecule is CCNc1nc(Cc2cccnc2)no1. The molecule has 1 N–H and O–H groups in total. The lowest BCUT2D eigenvalue weighted by Crippen LogP contribution is -1.97. The molecule has 0 bridgehead atoms. The fourth-order valence-corrected chi connectivity index (χ4v) is 1.23. The van der Waals surface area contributed by atoms with Crippen LogP contribution in [-0.4, -0.2) is 21.7 Å². The summed E-state index contributed by atoms with van der Waals surface area (Å²) in [6.45, 7) is 2.75. The summed E-state index contributed by atoms with van der Waals surface area (Å²) in [6, 6.07) is 4.34. The van der Waals surface area contributed by atoms with Gasteiger partial charge in [0.15, 0.2) is 5.82 Å². The molecule has 0 radical (unpaired) electrons. The maximum Gasteiger partial charge on any atom is 0.321 e. The van der Waals surface area contributed by atoms with Crippen LogP contribution in [-0.2, 0) is 6.42 Å². The minimum atomic E-state index is 0.469. The van der Waals surface area contributed by atoms with Crippen LogP contribution in [0.2, 0.25) is 0 Å². The van der Waals surface area contributed by atoms with Gasteiger partial charge in [-0.2, -0.15) is 4.98 Å². The molecule has 0 spiro atoms. The van der Waals surface area contributed by atoms with Crippen LogP contribution < -0.4 is 5.32 Å². The third-order valence-electron chi connectivity index (χ3n) is 1.88. The topological polar surface area (TPSA) is 63.8 Å². The van der Waals surface area contributed by atoms with Crippen LogP contribution in [0.15, 0.2) is 29.0 Å². The van der Waals surface area contributed by atoms with Crippen molar-refractivity contribution in [1.29, 1.82) is 0 Å². The molecule has 5 nitrogen and oxygen atoms in total. The maximum absolute atomic E-state index is 4.98. The predicted molar refractivity (Wildman–Crippen MR) is 55.5 cm³/mol. The Labute approximate surface area is 87.5 Å². The number of rotatable bonds is 4. The first-order valence-corrected chi connectivity index (χ1v) is 4.84. The van der Waals surface area contributed by atoms with Crippen molar-refractivity contribution in [3.63, 3.8) is 0 Å². The van der Waals surface area contributed by atoms with Gasteiger partial charge in [0.2, 0.25) is 0 Å². The molecule has 78 valence electrons. The van der Waals surface area contributed by atoms with Gasteiger partial charge in [0.25, 0.3) is 0 Å². The summed E-state index contributed by atoms with van der Waals surface area (Å²) >= 11 is 0. The third-order valence-corrected chi connectivity index (χ3v) is 1.88. The summed E-state index contributed by atoms with van der Waals surface area (Å²) in [5.74, 6) is 0.666. The smallest absolute Gasteiger partial charge is 0.321 e. The second-order valence-electron chi connectivity index (χ2n) is 3.08. The molecule has 2 heterocycles. The molecule has 0 atom stereocenters. The van der Waals surface area contributed by atoms with Gasteiger partial charge in [0.05, 0.1) is 0 Å². The first kappa shape index (κ1) is 9.64. The highest BCUT2D eigenvalue weighted by Gasteiger charge is 2.05. The lowest BCUT2D eigenvalue weighted by atomic mass is 10.2. The molecular formula is C10H12N4O. The number of pyridine rings is 1. The minimum absolute atomic E-state index is 0.469. The van der Waals surface area contributed by atoms with Crippen LogP contribution in [0.5, 0.6) is 0 Å². The van der Waals surface area contributed by atoms with E-state index in [1.807, 2.05) is 19.1 Å². The van der Waals surface area contributed by atoms with Gasteiger partial charge in [0.1, 0.15) is 0 Å². The second kappa shape index (κ2) is 4.54. The molecule has 0 amide bonds. The van der Waals surface area contributed by atoms with E-state index in [1.54, 1.807) is 12.4 Å². The number of hydrogen-bond donors (Lipinski definition) is 1. The quantitative estimate of drug-likeness (QED) is 0.817. The number of aromatic nitrogens is 3. The molecule has 2 aromatic heterocycles. The Kier molecular flexibility index (Phi) is 2.92. The normalized spacial score (nSPS) is 10.2. The molecule has 0 unspecified atom stereocenters. The molecule has 2 aromatic rings. The minimum Gasteiger partial charge on any atom is -0.338 e. The summed E-state index contributed by atoms with van der Waals surface area (Å²) in [5.41, 5.74) is 1.07. The van der Waals surface area contributed by atoms with Crippen molar-refractivity contribution in [2.24, 2.45) is 0 Å². The van der Waals surface area contributed by atoms with E-state index in [1.165, 1.54) is 0 Å². The fourth-order valence-electron chi connectivity index (χ4n) is 1.23. The van der Waals surface area contributed by atoms with Gasteiger partial charge >= 0.3 is 6.01 Å². The highest BCUT2D eigenvalue weighted by atomic mass is 16.5. The number of nitrogens with zero attached hydrogens (tertiary/aromatic N) is 3. The van der Waals surface area contributed by atoms with Gasteiger partial charge in [-0.05, 0) is 18.6 Å². The zero-order valence-corrected chi connectivity index (χ0v) is 8.47. The van der Waals surface area contributed by atoms with E-state index in [9.17, 15) is 0 Å². The monoisotopic (exact) mass is 204 g/mol. The highest BCUT2D eigenvalue weighted by Crippen LogP contribution is 2.07. The average Bonchev–Trinajstić information content (AvgIpc) is 2.68. The van der Waals surface area contributed by atoms with Crippen LogP contribution in [0.1, 0.15) is 18.3 Å². The molecule has 0 fully saturated rings. The van der Waals surface area contributed by atoms with E-state index in [0.717, 1.165) is 12.1 Å². The maximum atomic E-state index is 4.98. The highest BCUT2D eigenvalue weighted by molar-refractivity contribution is 5.20. The van der Waals surface area contributed by atoms with E-state index in [-0.39, 0.29) is 0 Å². The Morgan fingerprint density at radius 2 is 2.40 bits per heavy atom. The first-order valence-electron chi connectivity index (χ1n) is 4.84. The van der Waals surface area contributed by atoms with Crippen molar-refractivity contribution in [2.75, 3.05) is 11.9 Å². The third kappa shape index (κ3) is 2.52. The Morgan fingerprint density at radius 3 is 3.13 bits per heavy atom. The fraction of sp³-hybridized carbons (Fsp3) is 0.300. The number of anilines is 1. The lowest BCUT2D eigenvalue weighted by Gasteiger charge is -1.93. The molecule has 0 aliphatic heterocycles. The van der Waals surface area contributed by atoms with Crippen LogP contribution in [0.25, 0.3) is 0 Å². The molecule has 0 aromatic carbocycles. The van der Waals surface area contributed by atoms with E-state index >= 15 is 0 Å². The summed E-state index contributed by atoms with van der Waals surface area (Å²) in [5, 5.41) is 6.81. The Hall–Kier alpha value is -1.91. The van der Waals surface area contributed by atoms with Crippen LogP contribution in [0.3, 0.4) is 0 Å². The molecule has 2 rings (SSSR count). The summed E-state index contributed by atoms with van der Waals surface area (Å²) < 4.78 is 4.98. The number of hydrogen-bond acceptors (Lipinski definition) is 5. The Bertz CT molecular complexity index is 412. The Morgan fingerprint density at radius 1 is 1.47 bits per heavy atom. The molecule has 5 heteroatoms. The number of nitrogens with one attached hydrogen (secondary N) is 1. The van der Waals surface area contributed by atoms with Crippen molar-refractivity contribution in [3.8, 4) is 0 Å². The molecule has 0 saturated carbocycles. The van der Waals surface area contributed by atoms with Crippen molar-refractivity contribution >= 4 is 6.01 Å². The van der Waals surface area contributed by atoms with Gasteiger partial charge in [0, 0.05) is 25.4 Å². The molecule has 15 heavy (non-hydrogen) atoms. The summed E-state index contributed by atoms with van der Waals surface area (Å²) in [7, 11) is 0.